The molecule has 0 saturated carbocycles. The molecule has 2 aliphatic rings. The molecule has 1 spiro atoms. The van der Waals surface area contributed by atoms with Gasteiger partial charge in [0, 0.05) is 31.6 Å². The molecule has 27 heavy (non-hydrogen) atoms. The molecule has 3 rings (SSSR count). The molecule has 0 aromatic heterocycles. The Kier molecular flexibility index (Phi) is 6.79. The van der Waals surface area contributed by atoms with E-state index in [2.05, 4.69) is 24.8 Å². The van der Waals surface area contributed by atoms with E-state index < -0.39 is 0 Å². The Morgan fingerprint density at radius 3 is 2.67 bits per heavy atom. The smallest absolute Gasteiger partial charge is 0.124 e. The maximum atomic E-state index is 10.3. The fourth-order valence-electron chi connectivity index (χ4n) is 4.46. The van der Waals surface area contributed by atoms with Crippen LogP contribution in [0.5, 0.6) is 5.75 Å². The summed E-state index contributed by atoms with van der Waals surface area (Å²) < 4.78 is 12.1. The number of ether oxygens (including phenoxy) is 2. The lowest BCUT2D eigenvalue weighted by Crippen LogP contribution is -2.53. The van der Waals surface area contributed by atoms with Gasteiger partial charge in [-0.25, -0.2) is 0 Å². The molecule has 152 valence electrons. The number of piperidine rings is 1. The van der Waals surface area contributed by atoms with Crippen LogP contribution in [-0.4, -0.2) is 52.6 Å². The van der Waals surface area contributed by atoms with E-state index in [4.69, 9.17) is 9.47 Å². The SMILES string of the molecule is CCOc1ccc(CN2CCC3(CC2)C[C@H](O)C[C@H](C(C)C)O3)cc1CO. The van der Waals surface area contributed by atoms with E-state index >= 15 is 0 Å². The fourth-order valence-corrected chi connectivity index (χ4v) is 4.46. The molecule has 5 heteroatoms. The summed E-state index contributed by atoms with van der Waals surface area (Å²) in [5.41, 5.74) is 1.89. The minimum absolute atomic E-state index is 0.00535. The maximum absolute atomic E-state index is 10.3. The van der Waals surface area contributed by atoms with Gasteiger partial charge in [0.2, 0.25) is 0 Å². The summed E-state index contributed by atoms with van der Waals surface area (Å²) in [5, 5.41) is 19.9. The van der Waals surface area contributed by atoms with E-state index in [-0.39, 0.29) is 24.4 Å². The Morgan fingerprint density at radius 1 is 1.30 bits per heavy atom. The van der Waals surface area contributed by atoms with Crippen LogP contribution in [0.3, 0.4) is 0 Å². The van der Waals surface area contributed by atoms with Crippen LogP contribution in [0.4, 0.5) is 0 Å². The van der Waals surface area contributed by atoms with Gasteiger partial charge in [0.25, 0.3) is 0 Å². The van der Waals surface area contributed by atoms with Crippen LogP contribution < -0.4 is 4.74 Å². The van der Waals surface area contributed by atoms with Crippen LogP contribution in [0.25, 0.3) is 0 Å². The van der Waals surface area contributed by atoms with Crippen molar-refractivity contribution in [1.82, 2.24) is 4.90 Å². The molecular formula is C22H35NO4. The molecule has 2 atom stereocenters. The molecule has 2 heterocycles. The van der Waals surface area contributed by atoms with Gasteiger partial charge in [-0.2, -0.15) is 0 Å². The molecule has 0 aliphatic carbocycles. The lowest BCUT2D eigenvalue weighted by atomic mass is 9.80. The van der Waals surface area contributed by atoms with Crippen LogP contribution >= 0.6 is 0 Å². The number of hydrogen-bond acceptors (Lipinski definition) is 5. The van der Waals surface area contributed by atoms with Crippen LogP contribution in [0, 0.1) is 5.92 Å². The quantitative estimate of drug-likeness (QED) is 0.798. The highest BCUT2D eigenvalue weighted by Crippen LogP contribution is 2.39. The number of likely N-dealkylation sites (tertiary alicyclic amines) is 1. The second-order valence-corrected chi connectivity index (χ2v) is 8.49. The van der Waals surface area contributed by atoms with Gasteiger partial charge in [-0.15, -0.1) is 0 Å². The number of hydrogen-bond donors (Lipinski definition) is 2. The molecule has 2 N–H and O–H groups in total. The van der Waals surface area contributed by atoms with Crippen LogP contribution in [0.2, 0.25) is 0 Å². The fraction of sp³-hybridized carbons (Fsp3) is 0.727. The Morgan fingerprint density at radius 2 is 2.04 bits per heavy atom. The summed E-state index contributed by atoms with van der Waals surface area (Å²) in [6.07, 6.45) is 3.39. The Balaban J connectivity index is 1.59. The van der Waals surface area contributed by atoms with Crippen LogP contribution in [0.1, 0.15) is 57.6 Å². The second kappa shape index (κ2) is 8.91. The number of nitrogens with zero attached hydrogens (tertiary/aromatic N) is 1. The van der Waals surface area contributed by atoms with Gasteiger partial charge >= 0.3 is 0 Å². The molecule has 2 saturated heterocycles. The summed E-state index contributed by atoms with van der Waals surface area (Å²) in [4.78, 5) is 2.44. The van der Waals surface area contributed by atoms with Crippen LogP contribution in [0.15, 0.2) is 18.2 Å². The van der Waals surface area contributed by atoms with Gasteiger partial charge in [0.15, 0.2) is 0 Å². The largest absolute Gasteiger partial charge is 0.494 e. The van der Waals surface area contributed by atoms with Gasteiger partial charge in [0.05, 0.1) is 31.0 Å². The average Bonchev–Trinajstić information content (AvgIpc) is 2.64. The Bertz CT molecular complexity index is 610. The van der Waals surface area contributed by atoms with E-state index in [1.165, 1.54) is 5.56 Å². The lowest BCUT2D eigenvalue weighted by Gasteiger charge is -2.49. The molecule has 0 amide bonds. The predicted octanol–water partition coefficient (Wildman–Crippen LogP) is 3.11. The van der Waals surface area contributed by atoms with Gasteiger partial charge in [-0.05, 0) is 49.8 Å². The molecule has 2 fully saturated rings. The second-order valence-electron chi connectivity index (χ2n) is 8.49. The number of rotatable bonds is 6. The monoisotopic (exact) mass is 377 g/mol. The first-order valence-electron chi connectivity index (χ1n) is 10.4. The van der Waals surface area contributed by atoms with E-state index in [0.717, 1.165) is 56.6 Å². The summed E-state index contributed by atoms with van der Waals surface area (Å²) >= 11 is 0. The van der Waals surface area contributed by atoms with Crippen molar-refractivity contribution in [2.24, 2.45) is 5.92 Å². The highest BCUT2D eigenvalue weighted by Gasteiger charge is 2.43. The van der Waals surface area contributed by atoms with Crippen molar-refractivity contribution >= 4 is 0 Å². The third-order valence-electron chi connectivity index (χ3n) is 6.03. The number of aliphatic hydroxyl groups is 2. The van der Waals surface area contributed by atoms with Crippen molar-refractivity contribution < 1.29 is 19.7 Å². The van der Waals surface area contributed by atoms with Gasteiger partial charge in [0.1, 0.15) is 5.75 Å². The highest BCUT2D eigenvalue weighted by atomic mass is 16.5. The summed E-state index contributed by atoms with van der Waals surface area (Å²) in [5.74, 6) is 1.21. The number of aliphatic hydroxyl groups excluding tert-OH is 2. The van der Waals surface area contributed by atoms with Crippen molar-refractivity contribution in [1.29, 1.82) is 0 Å². The maximum Gasteiger partial charge on any atom is 0.124 e. The van der Waals surface area contributed by atoms with E-state index in [9.17, 15) is 10.2 Å². The van der Waals surface area contributed by atoms with Crippen molar-refractivity contribution in [3.8, 4) is 5.75 Å². The third kappa shape index (κ3) is 5.02. The molecule has 2 aliphatic heterocycles. The first-order chi connectivity index (χ1) is 12.9. The van der Waals surface area contributed by atoms with Crippen molar-refractivity contribution in [2.45, 2.75) is 77.4 Å². The first-order valence-corrected chi connectivity index (χ1v) is 10.4. The topological polar surface area (TPSA) is 62.2 Å². The lowest BCUT2D eigenvalue weighted by molar-refractivity contribution is -0.193. The summed E-state index contributed by atoms with van der Waals surface area (Å²) in [7, 11) is 0. The summed E-state index contributed by atoms with van der Waals surface area (Å²) in [6.45, 7) is 9.71. The van der Waals surface area contributed by atoms with Crippen molar-refractivity contribution in [3.05, 3.63) is 29.3 Å². The molecule has 0 unspecified atom stereocenters. The standard InChI is InChI=1S/C22H35NO4/c1-4-26-20-6-5-17(11-18(20)15-24)14-23-9-7-22(8-10-23)13-19(25)12-21(27-22)16(2)3/h5-6,11,16,19,21,24-25H,4,7-10,12-15H2,1-3H3/t19-,21-/m1/s1. The minimum atomic E-state index is -0.240. The molecular weight excluding hydrogens is 342 g/mol. The highest BCUT2D eigenvalue weighted by molar-refractivity contribution is 5.37. The van der Waals surface area contributed by atoms with E-state index in [1.54, 1.807) is 0 Å². The molecule has 1 aromatic carbocycles. The van der Waals surface area contributed by atoms with E-state index in [0.29, 0.717) is 12.5 Å². The Labute approximate surface area is 163 Å². The van der Waals surface area contributed by atoms with Crippen molar-refractivity contribution in [3.63, 3.8) is 0 Å². The minimum Gasteiger partial charge on any atom is -0.494 e. The first kappa shape index (κ1) is 20.6. The third-order valence-corrected chi connectivity index (χ3v) is 6.03. The summed E-state index contributed by atoms with van der Waals surface area (Å²) in [6, 6.07) is 6.10. The molecule has 0 bridgehead atoms. The zero-order valence-corrected chi connectivity index (χ0v) is 17.0. The van der Waals surface area contributed by atoms with Crippen molar-refractivity contribution in [2.75, 3.05) is 19.7 Å². The predicted molar refractivity (Wildman–Crippen MR) is 106 cm³/mol. The van der Waals surface area contributed by atoms with Gasteiger partial charge < -0.3 is 19.7 Å². The average molecular weight is 378 g/mol. The van der Waals surface area contributed by atoms with Crippen LogP contribution in [-0.2, 0) is 17.9 Å². The zero-order valence-electron chi connectivity index (χ0n) is 17.0. The molecule has 5 nitrogen and oxygen atoms in total. The van der Waals surface area contributed by atoms with E-state index in [1.807, 2.05) is 19.1 Å². The molecule has 0 radical (unpaired) electrons. The zero-order chi connectivity index (χ0) is 19.4. The molecule has 1 aromatic rings. The Hall–Kier alpha value is -1.14. The van der Waals surface area contributed by atoms with Gasteiger partial charge in [-0.1, -0.05) is 19.9 Å². The number of benzene rings is 1. The normalized spacial score (nSPS) is 25.9. The van der Waals surface area contributed by atoms with Gasteiger partial charge in [-0.3, -0.25) is 4.90 Å².